The summed E-state index contributed by atoms with van der Waals surface area (Å²) >= 11 is 4.92. The number of benzene rings is 1. The highest BCUT2D eigenvalue weighted by molar-refractivity contribution is 9.11. The molecule has 0 amide bonds. The Kier molecular flexibility index (Phi) is 4.21. The Morgan fingerprint density at radius 3 is 2.80 bits per heavy atom. The van der Waals surface area contributed by atoms with Gasteiger partial charge in [-0.25, -0.2) is 4.39 Å². The van der Waals surface area contributed by atoms with Crippen molar-refractivity contribution in [2.24, 2.45) is 0 Å². The molecule has 25 heavy (non-hydrogen) atoms. The number of hydrogen-bond donors (Lipinski definition) is 1. The van der Waals surface area contributed by atoms with Gasteiger partial charge in [0.25, 0.3) is 0 Å². The molecule has 7 heteroatoms. The van der Waals surface area contributed by atoms with Crippen LogP contribution in [0.2, 0.25) is 0 Å². The standard InChI is InChI=1S/C18H20BrFN4S/c1-10-8-12-11-6-4-5-7-13(11)21-14(12)15(16-22-23-17(19)25-16)24(10)9-18(2,3)20/h4-7,10,15,21H,8-9H2,1-3H3/t10-,15+/m1/s1. The SMILES string of the molecule is C[C@@H]1Cc2c([nH]c3ccccc23)[C@@H](c2nnc(Br)s2)N1CC(C)(C)F. The zero-order valence-electron chi connectivity index (χ0n) is 14.4. The number of aromatic amines is 1. The maximum atomic E-state index is 14.5. The van der Waals surface area contributed by atoms with Gasteiger partial charge >= 0.3 is 0 Å². The molecule has 0 fully saturated rings. The van der Waals surface area contributed by atoms with Crippen LogP contribution in [0.3, 0.4) is 0 Å². The third-order valence-electron chi connectivity index (χ3n) is 4.73. The second kappa shape index (κ2) is 6.14. The zero-order valence-corrected chi connectivity index (χ0v) is 16.8. The van der Waals surface area contributed by atoms with Crippen LogP contribution >= 0.6 is 27.3 Å². The van der Waals surface area contributed by atoms with Crippen LogP contribution in [0.5, 0.6) is 0 Å². The lowest BCUT2D eigenvalue weighted by Crippen LogP contribution is -2.47. The van der Waals surface area contributed by atoms with Gasteiger partial charge in [0.1, 0.15) is 16.7 Å². The van der Waals surface area contributed by atoms with Crippen LogP contribution in [0.1, 0.15) is 43.1 Å². The molecule has 0 bridgehead atoms. The Hall–Kier alpha value is -1.31. The van der Waals surface area contributed by atoms with E-state index in [1.807, 2.05) is 6.07 Å². The molecule has 1 aliphatic rings. The van der Waals surface area contributed by atoms with Crippen LogP contribution in [0, 0.1) is 0 Å². The van der Waals surface area contributed by atoms with Crippen LogP contribution in [0.15, 0.2) is 28.2 Å². The second-order valence-corrected chi connectivity index (χ2v) is 9.59. The Labute approximate surface area is 158 Å². The van der Waals surface area contributed by atoms with E-state index < -0.39 is 5.67 Å². The van der Waals surface area contributed by atoms with Crippen LogP contribution in [0.4, 0.5) is 4.39 Å². The van der Waals surface area contributed by atoms with Crippen molar-refractivity contribution in [3.8, 4) is 0 Å². The van der Waals surface area contributed by atoms with Crippen molar-refractivity contribution in [3.05, 3.63) is 44.4 Å². The molecule has 4 nitrogen and oxygen atoms in total. The lowest BCUT2D eigenvalue weighted by Gasteiger charge is -2.41. The number of halogens is 2. The number of hydrogen-bond acceptors (Lipinski definition) is 4. The topological polar surface area (TPSA) is 44.8 Å². The molecule has 4 rings (SSSR count). The monoisotopic (exact) mass is 422 g/mol. The number of nitrogens with one attached hydrogen (secondary N) is 1. The summed E-state index contributed by atoms with van der Waals surface area (Å²) in [6, 6.07) is 8.45. The summed E-state index contributed by atoms with van der Waals surface area (Å²) in [5.41, 5.74) is 2.27. The largest absolute Gasteiger partial charge is 0.356 e. The number of H-pyrrole nitrogens is 1. The van der Waals surface area contributed by atoms with E-state index in [-0.39, 0.29) is 12.1 Å². The van der Waals surface area contributed by atoms with Gasteiger partial charge in [0.2, 0.25) is 0 Å². The second-order valence-electron chi connectivity index (χ2n) is 7.30. The van der Waals surface area contributed by atoms with E-state index in [2.05, 4.69) is 61.1 Å². The van der Waals surface area contributed by atoms with Gasteiger partial charge in [-0.3, -0.25) is 4.90 Å². The predicted octanol–water partition coefficient (Wildman–Crippen LogP) is 4.87. The van der Waals surface area contributed by atoms with Crippen molar-refractivity contribution in [1.82, 2.24) is 20.1 Å². The lowest BCUT2D eigenvalue weighted by atomic mass is 9.91. The van der Waals surface area contributed by atoms with Crippen molar-refractivity contribution < 1.29 is 4.39 Å². The number of para-hydroxylation sites is 1. The molecule has 1 N–H and O–H groups in total. The first-order chi connectivity index (χ1) is 11.8. The molecule has 0 spiro atoms. The fourth-order valence-corrected chi connectivity index (χ4v) is 5.06. The maximum Gasteiger partial charge on any atom is 0.183 e. The zero-order chi connectivity index (χ0) is 17.8. The number of alkyl halides is 1. The molecular formula is C18H20BrFN4S. The quantitative estimate of drug-likeness (QED) is 0.654. The van der Waals surface area contributed by atoms with E-state index in [0.717, 1.165) is 26.6 Å². The Morgan fingerprint density at radius 2 is 2.12 bits per heavy atom. The molecule has 3 heterocycles. The van der Waals surface area contributed by atoms with Crippen molar-refractivity contribution in [3.63, 3.8) is 0 Å². The van der Waals surface area contributed by atoms with Crippen LogP contribution in [0.25, 0.3) is 10.9 Å². The molecule has 0 saturated carbocycles. The number of fused-ring (bicyclic) bond motifs is 3. The van der Waals surface area contributed by atoms with Gasteiger partial charge in [-0.1, -0.05) is 29.5 Å². The maximum absolute atomic E-state index is 14.5. The molecule has 0 saturated heterocycles. The normalized spacial score (nSPS) is 21.6. The first-order valence-electron chi connectivity index (χ1n) is 8.36. The molecule has 1 aromatic carbocycles. The van der Waals surface area contributed by atoms with Crippen LogP contribution < -0.4 is 0 Å². The minimum Gasteiger partial charge on any atom is -0.356 e. The first-order valence-corrected chi connectivity index (χ1v) is 9.97. The van der Waals surface area contributed by atoms with E-state index in [0.29, 0.717) is 6.54 Å². The smallest absolute Gasteiger partial charge is 0.183 e. The number of aromatic nitrogens is 3. The molecule has 0 unspecified atom stereocenters. The summed E-state index contributed by atoms with van der Waals surface area (Å²) < 4.78 is 15.3. The summed E-state index contributed by atoms with van der Waals surface area (Å²) in [4.78, 5) is 5.78. The van der Waals surface area contributed by atoms with Crippen molar-refractivity contribution >= 4 is 38.2 Å². The van der Waals surface area contributed by atoms with E-state index in [4.69, 9.17) is 0 Å². The van der Waals surface area contributed by atoms with Gasteiger partial charge in [-0.15, -0.1) is 10.2 Å². The Balaban J connectivity index is 1.90. The van der Waals surface area contributed by atoms with Crippen molar-refractivity contribution in [1.29, 1.82) is 0 Å². The third-order valence-corrected chi connectivity index (χ3v) is 6.13. The highest BCUT2D eigenvalue weighted by Gasteiger charge is 2.40. The fraction of sp³-hybridized carbons (Fsp3) is 0.444. The third kappa shape index (κ3) is 3.13. The van der Waals surface area contributed by atoms with Crippen molar-refractivity contribution in [2.45, 2.75) is 44.9 Å². The first kappa shape index (κ1) is 17.1. The molecule has 132 valence electrons. The molecule has 1 aliphatic heterocycles. The van der Waals surface area contributed by atoms with Gasteiger partial charge in [0.05, 0.1) is 0 Å². The molecule has 0 aliphatic carbocycles. The van der Waals surface area contributed by atoms with Gasteiger partial charge in [0, 0.05) is 29.2 Å². The van der Waals surface area contributed by atoms with Crippen LogP contribution in [-0.2, 0) is 6.42 Å². The molecule has 2 atom stereocenters. The Bertz CT molecular complexity index is 913. The average molecular weight is 423 g/mol. The molecule has 2 aromatic heterocycles. The summed E-state index contributed by atoms with van der Waals surface area (Å²) in [6.07, 6.45) is 0.895. The van der Waals surface area contributed by atoms with Crippen molar-refractivity contribution in [2.75, 3.05) is 6.54 Å². The summed E-state index contributed by atoms with van der Waals surface area (Å²) in [7, 11) is 0. The van der Waals surface area contributed by atoms with E-state index in [1.165, 1.54) is 22.3 Å². The molecular weight excluding hydrogens is 403 g/mol. The highest BCUT2D eigenvalue weighted by atomic mass is 79.9. The van der Waals surface area contributed by atoms with Gasteiger partial charge in [-0.05, 0) is 54.8 Å². The van der Waals surface area contributed by atoms with Gasteiger partial charge in [0.15, 0.2) is 3.92 Å². The minimum atomic E-state index is -1.28. The summed E-state index contributed by atoms with van der Waals surface area (Å²) in [6.45, 7) is 5.78. The molecule has 0 radical (unpaired) electrons. The number of nitrogens with zero attached hydrogens (tertiary/aromatic N) is 3. The molecule has 3 aromatic rings. The predicted molar refractivity (Wildman–Crippen MR) is 103 cm³/mol. The summed E-state index contributed by atoms with van der Waals surface area (Å²) in [5.74, 6) is 0. The summed E-state index contributed by atoms with van der Waals surface area (Å²) in [5, 5.41) is 10.6. The average Bonchev–Trinajstić information content (AvgIpc) is 3.10. The van der Waals surface area contributed by atoms with E-state index in [9.17, 15) is 4.39 Å². The van der Waals surface area contributed by atoms with Gasteiger partial charge in [-0.2, -0.15) is 0 Å². The minimum absolute atomic E-state index is 0.107. The highest BCUT2D eigenvalue weighted by Crippen LogP contribution is 2.42. The number of rotatable bonds is 3. The van der Waals surface area contributed by atoms with Gasteiger partial charge < -0.3 is 4.98 Å². The Morgan fingerprint density at radius 1 is 1.36 bits per heavy atom. The van der Waals surface area contributed by atoms with Crippen LogP contribution in [-0.4, -0.2) is 38.3 Å². The fourth-order valence-electron chi connectivity index (χ4n) is 3.78. The van der Waals surface area contributed by atoms with E-state index >= 15 is 0 Å². The lowest BCUT2D eigenvalue weighted by molar-refractivity contribution is 0.0665. The van der Waals surface area contributed by atoms with E-state index in [1.54, 1.807) is 13.8 Å².